The zero-order valence-corrected chi connectivity index (χ0v) is 11.9. The molecule has 0 radical (unpaired) electrons. The highest BCUT2D eigenvalue weighted by Crippen LogP contribution is 2.24. The topological polar surface area (TPSA) is 25.2 Å². The summed E-state index contributed by atoms with van der Waals surface area (Å²) in [5.41, 5.74) is 1.07. The predicted octanol–water partition coefficient (Wildman–Crippen LogP) is 3.19. The first-order chi connectivity index (χ1) is 9.58. The van der Waals surface area contributed by atoms with Gasteiger partial charge in [0.15, 0.2) is 0 Å². The zero-order chi connectivity index (χ0) is 14.3. The standard InChI is InChI=1S/C16H19FN2O/c1-11-5-4-8-19(10-11)16(20)14-9-12-6-3-7-13(17)15(12)18(14)2/h3,6-7,9,11H,4-5,8,10H2,1-2H3. The Morgan fingerprint density at radius 3 is 2.90 bits per heavy atom. The lowest BCUT2D eigenvalue weighted by atomic mass is 10.00. The van der Waals surface area contributed by atoms with E-state index in [9.17, 15) is 9.18 Å². The van der Waals surface area contributed by atoms with Crippen molar-refractivity contribution in [2.45, 2.75) is 19.8 Å². The summed E-state index contributed by atoms with van der Waals surface area (Å²) in [7, 11) is 1.76. The molecule has 1 atom stereocenters. The number of likely N-dealkylation sites (tertiary alicyclic amines) is 1. The Bertz CT molecular complexity index is 662. The van der Waals surface area contributed by atoms with Gasteiger partial charge in [0.05, 0.1) is 5.52 Å². The second-order valence-corrected chi connectivity index (χ2v) is 5.76. The highest BCUT2D eigenvalue weighted by Gasteiger charge is 2.25. The van der Waals surface area contributed by atoms with Crippen molar-refractivity contribution >= 4 is 16.8 Å². The fraction of sp³-hybridized carbons (Fsp3) is 0.438. The number of halogens is 1. The third kappa shape index (κ3) is 2.09. The lowest BCUT2D eigenvalue weighted by Crippen LogP contribution is -2.39. The Labute approximate surface area is 118 Å². The molecule has 1 amide bonds. The molecule has 0 aliphatic carbocycles. The quantitative estimate of drug-likeness (QED) is 0.784. The van der Waals surface area contributed by atoms with Gasteiger partial charge >= 0.3 is 0 Å². The van der Waals surface area contributed by atoms with E-state index in [0.29, 0.717) is 17.1 Å². The van der Waals surface area contributed by atoms with Gasteiger partial charge in [0.2, 0.25) is 0 Å². The molecule has 0 spiro atoms. The number of nitrogens with zero attached hydrogens (tertiary/aromatic N) is 2. The minimum absolute atomic E-state index is 0.00894. The summed E-state index contributed by atoms with van der Waals surface area (Å²) in [5.74, 6) is 0.268. The van der Waals surface area contributed by atoms with E-state index in [0.717, 1.165) is 24.9 Å². The summed E-state index contributed by atoms with van der Waals surface area (Å²) in [4.78, 5) is 14.5. The minimum Gasteiger partial charge on any atom is -0.337 e. The fourth-order valence-corrected chi connectivity index (χ4v) is 3.11. The Morgan fingerprint density at radius 1 is 1.40 bits per heavy atom. The lowest BCUT2D eigenvalue weighted by molar-refractivity contribution is 0.0674. The maximum atomic E-state index is 13.9. The van der Waals surface area contributed by atoms with Crippen LogP contribution in [0.5, 0.6) is 0 Å². The molecule has 2 aromatic rings. The molecular weight excluding hydrogens is 255 g/mol. The highest BCUT2D eigenvalue weighted by molar-refractivity contribution is 5.98. The molecule has 1 aromatic carbocycles. The highest BCUT2D eigenvalue weighted by atomic mass is 19.1. The number of aromatic nitrogens is 1. The van der Waals surface area contributed by atoms with Gasteiger partial charge in [-0.05, 0) is 30.9 Å². The van der Waals surface area contributed by atoms with Crippen molar-refractivity contribution in [3.05, 3.63) is 35.8 Å². The molecule has 1 aliphatic rings. The molecule has 0 bridgehead atoms. The van der Waals surface area contributed by atoms with E-state index in [1.54, 1.807) is 23.7 Å². The average molecular weight is 274 g/mol. The van der Waals surface area contributed by atoms with E-state index >= 15 is 0 Å². The maximum Gasteiger partial charge on any atom is 0.270 e. The van der Waals surface area contributed by atoms with Crippen LogP contribution in [0.25, 0.3) is 10.9 Å². The molecule has 4 heteroatoms. The van der Waals surface area contributed by atoms with Crippen LogP contribution in [0.3, 0.4) is 0 Å². The van der Waals surface area contributed by atoms with Crippen molar-refractivity contribution in [3.8, 4) is 0 Å². The smallest absolute Gasteiger partial charge is 0.270 e. The van der Waals surface area contributed by atoms with Crippen LogP contribution in [-0.4, -0.2) is 28.5 Å². The van der Waals surface area contributed by atoms with Gasteiger partial charge in [0, 0.05) is 25.5 Å². The van der Waals surface area contributed by atoms with Crippen LogP contribution >= 0.6 is 0 Å². The molecule has 1 aromatic heterocycles. The van der Waals surface area contributed by atoms with Crippen LogP contribution in [0.1, 0.15) is 30.3 Å². The first kappa shape index (κ1) is 13.2. The SMILES string of the molecule is CC1CCCN(C(=O)c2cc3cccc(F)c3n2C)C1. The number of carbonyl (C=O) groups excluding carboxylic acids is 1. The van der Waals surface area contributed by atoms with Crippen molar-refractivity contribution in [3.63, 3.8) is 0 Å². The van der Waals surface area contributed by atoms with Crippen LogP contribution in [0.2, 0.25) is 0 Å². The fourth-order valence-electron chi connectivity index (χ4n) is 3.11. The molecule has 3 rings (SSSR count). The molecule has 20 heavy (non-hydrogen) atoms. The predicted molar refractivity (Wildman–Crippen MR) is 77.2 cm³/mol. The van der Waals surface area contributed by atoms with Crippen molar-refractivity contribution in [1.29, 1.82) is 0 Å². The molecule has 1 fully saturated rings. The van der Waals surface area contributed by atoms with E-state index in [1.165, 1.54) is 12.5 Å². The molecule has 1 unspecified atom stereocenters. The molecule has 3 nitrogen and oxygen atoms in total. The Kier molecular flexibility index (Phi) is 3.24. The molecule has 2 heterocycles. The maximum absolute atomic E-state index is 13.9. The van der Waals surface area contributed by atoms with Crippen molar-refractivity contribution in [1.82, 2.24) is 9.47 Å². The van der Waals surface area contributed by atoms with E-state index in [2.05, 4.69) is 6.92 Å². The van der Waals surface area contributed by atoms with Gasteiger partial charge in [0.1, 0.15) is 11.5 Å². The van der Waals surface area contributed by atoms with Crippen molar-refractivity contribution in [2.75, 3.05) is 13.1 Å². The number of benzene rings is 1. The molecule has 0 N–H and O–H groups in total. The number of para-hydroxylation sites is 1. The van der Waals surface area contributed by atoms with Gasteiger partial charge in [-0.25, -0.2) is 4.39 Å². The minimum atomic E-state index is -0.281. The Hall–Kier alpha value is -1.84. The number of hydrogen-bond donors (Lipinski definition) is 0. The van der Waals surface area contributed by atoms with Crippen LogP contribution in [-0.2, 0) is 7.05 Å². The van der Waals surface area contributed by atoms with Gasteiger partial charge in [-0.15, -0.1) is 0 Å². The monoisotopic (exact) mass is 274 g/mol. The number of hydrogen-bond acceptors (Lipinski definition) is 1. The second-order valence-electron chi connectivity index (χ2n) is 5.76. The van der Waals surface area contributed by atoms with Crippen molar-refractivity contribution < 1.29 is 9.18 Å². The van der Waals surface area contributed by atoms with E-state index < -0.39 is 0 Å². The summed E-state index contributed by atoms with van der Waals surface area (Å²) in [6.07, 6.45) is 2.22. The van der Waals surface area contributed by atoms with Gasteiger partial charge in [-0.3, -0.25) is 4.79 Å². The molecule has 1 aliphatic heterocycles. The van der Waals surface area contributed by atoms with Crippen LogP contribution in [0.4, 0.5) is 4.39 Å². The van der Waals surface area contributed by atoms with E-state index in [-0.39, 0.29) is 11.7 Å². The normalized spacial score (nSPS) is 19.6. The molecular formula is C16H19FN2O. The summed E-state index contributed by atoms with van der Waals surface area (Å²) in [6.45, 7) is 3.76. The summed E-state index contributed by atoms with van der Waals surface area (Å²) in [6, 6.07) is 6.74. The second kappa shape index (κ2) is 4.93. The third-order valence-electron chi connectivity index (χ3n) is 4.17. The first-order valence-corrected chi connectivity index (χ1v) is 7.11. The molecule has 106 valence electrons. The summed E-state index contributed by atoms with van der Waals surface area (Å²) in [5, 5.41) is 0.779. The van der Waals surface area contributed by atoms with Gasteiger partial charge < -0.3 is 9.47 Å². The number of amides is 1. The third-order valence-corrected chi connectivity index (χ3v) is 4.17. The largest absolute Gasteiger partial charge is 0.337 e. The lowest BCUT2D eigenvalue weighted by Gasteiger charge is -2.31. The van der Waals surface area contributed by atoms with Gasteiger partial charge in [-0.2, -0.15) is 0 Å². The number of fused-ring (bicyclic) bond motifs is 1. The van der Waals surface area contributed by atoms with Gasteiger partial charge in [0.25, 0.3) is 5.91 Å². The Balaban J connectivity index is 1.99. The molecule has 1 saturated heterocycles. The number of piperidine rings is 1. The van der Waals surface area contributed by atoms with Crippen LogP contribution in [0, 0.1) is 11.7 Å². The first-order valence-electron chi connectivity index (χ1n) is 7.11. The van der Waals surface area contributed by atoms with E-state index in [4.69, 9.17) is 0 Å². The average Bonchev–Trinajstić information content (AvgIpc) is 2.76. The summed E-state index contributed by atoms with van der Waals surface area (Å²) < 4.78 is 15.6. The van der Waals surface area contributed by atoms with Crippen molar-refractivity contribution in [2.24, 2.45) is 13.0 Å². The van der Waals surface area contributed by atoms with Crippen LogP contribution < -0.4 is 0 Å². The number of aryl methyl sites for hydroxylation is 1. The van der Waals surface area contributed by atoms with Gasteiger partial charge in [-0.1, -0.05) is 19.1 Å². The molecule has 0 saturated carbocycles. The Morgan fingerprint density at radius 2 is 2.20 bits per heavy atom. The number of carbonyl (C=O) groups is 1. The van der Waals surface area contributed by atoms with Crippen LogP contribution in [0.15, 0.2) is 24.3 Å². The summed E-state index contributed by atoms with van der Waals surface area (Å²) >= 11 is 0. The zero-order valence-electron chi connectivity index (χ0n) is 11.9. The van der Waals surface area contributed by atoms with E-state index in [1.807, 2.05) is 11.0 Å². The number of rotatable bonds is 1.